The summed E-state index contributed by atoms with van der Waals surface area (Å²) in [5.41, 5.74) is 1.35. The Morgan fingerprint density at radius 1 is 1.21 bits per heavy atom. The predicted octanol–water partition coefficient (Wildman–Crippen LogP) is 3.60. The first-order valence-corrected chi connectivity index (χ1v) is 10.5. The number of likely N-dealkylation sites (tertiary alicyclic amines) is 1. The summed E-state index contributed by atoms with van der Waals surface area (Å²) in [6.45, 7) is 4.44. The van der Waals surface area contributed by atoms with Crippen molar-refractivity contribution in [2.24, 2.45) is 0 Å². The summed E-state index contributed by atoms with van der Waals surface area (Å²) in [6, 6.07) is 9.84. The fourth-order valence-corrected chi connectivity index (χ4v) is 3.90. The van der Waals surface area contributed by atoms with Gasteiger partial charge in [0.25, 0.3) is 5.91 Å². The SMILES string of the molecule is CCN(Cc1cccc(F)c1)C(=O)CSc1ccc(C(=O)N2CCCC2)cn1. The van der Waals surface area contributed by atoms with Crippen LogP contribution in [0.1, 0.15) is 35.7 Å². The Bertz CT molecular complexity index is 823. The highest BCUT2D eigenvalue weighted by Gasteiger charge is 2.20. The standard InChI is InChI=1S/C21H24FN3O2S/c1-2-24(14-16-6-5-7-18(22)12-16)20(26)15-28-19-9-8-17(13-23-19)21(27)25-10-3-4-11-25/h5-9,12-13H,2-4,10-11,14-15H2,1H3. The van der Waals surface area contributed by atoms with Crippen LogP contribution >= 0.6 is 11.8 Å². The van der Waals surface area contributed by atoms with Crippen LogP contribution in [-0.4, -0.2) is 52.0 Å². The second kappa shape index (κ2) is 9.68. The molecule has 28 heavy (non-hydrogen) atoms. The average molecular weight is 402 g/mol. The zero-order chi connectivity index (χ0) is 19.9. The minimum Gasteiger partial charge on any atom is -0.339 e. The Labute approximate surface area is 168 Å². The van der Waals surface area contributed by atoms with Gasteiger partial charge < -0.3 is 9.80 Å². The van der Waals surface area contributed by atoms with Crippen molar-refractivity contribution in [3.8, 4) is 0 Å². The van der Waals surface area contributed by atoms with E-state index in [2.05, 4.69) is 4.98 Å². The smallest absolute Gasteiger partial charge is 0.255 e. The van der Waals surface area contributed by atoms with Gasteiger partial charge in [-0.2, -0.15) is 0 Å². The molecule has 1 aromatic carbocycles. The van der Waals surface area contributed by atoms with Crippen LogP contribution in [0.25, 0.3) is 0 Å². The average Bonchev–Trinajstić information content (AvgIpc) is 3.25. The van der Waals surface area contributed by atoms with Crippen molar-refractivity contribution < 1.29 is 14.0 Å². The highest BCUT2D eigenvalue weighted by molar-refractivity contribution is 7.99. The molecule has 1 aliphatic heterocycles. The third kappa shape index (κ3) is 5.32. The molecule has 3 rings (SSSR count). The van der Waals surface area contributed by atoms with Crippen molar-refractivity contribution >= 4 is 23.6 Å². The first kappa shape index (κ1) is 20.3. The number of aromatic nitrogens is 1. The molecule has 0 saturated carbocycles. The van der Waals surface area contributed by atoms with E-state index in [0.29, 0.717) is 23.7 Å². The summed E-state index contributed by atoms with van der Waals surface area (Å²) in [7, 11) is 0. The third-order valence-corrected chi connectivity index (χ3v) is 5.65. The molecule has 2 aromatic rings. The number of hydrogen-bond donors (Lipinski definition) is 0. The highest BCUT2D eigenvalue weighted by Crippen LogP contribution is 2.19. The second-order valence-electron chi connectivity index (χ2n) is 6.71. The monoisotopic (exact) mass is 401 g/mol. The number of carbonyl (C=O) groups is 2. The predicted molar refractivity (Wildman–Crippen MR) is 108 cm³/mol. The van der Waals surface area contributed by atoms with Crippen molar-refractivity contribution in [3.63, 3.8) is 0 Å². The fraction of sp³-hybridized carbons (Fsp3) is 0.381. The maximum Gasteiger partial charge on any atom is 0.255 e. The molecule has 0 N–H and O–H groups in total. The van der Waals surface area contributed by atoms with E-state index in [1.165, 1.54) is 23.9 Å². The lowest BCUT2D eigenvalue weighted by atomic mass is 10.2. The first-order chi connectivity index (χ1) is 13.6. The van der Waals surface area contributed by atoms with Gasteiger partial charge in [-0.1, -0.05) is 23.9 Å². The van der Waals surface area contributed by atoms with Crippen LogP contribution in [0.3, 0.4) is 0 Å². The summed E-state index contributed by atoms with van der Waals surface area (Å²) in [4.78, 5) is 32.7. The molecule has 0 unspecified atom stereocenters. The van der Waals surface area contributed by atoms with Crippen LogP contribution in [0.2, 0.25) is 0 Å². The van der Waals surface area contributed by atoms with E-state index in [-0.39, 0.29) is 23.4 Å². The van der Waals surface area contributed by atoms with Crippen molar-refractivity contribution in [1.82, 2.24) is 14.8 Å². The van der Waals surface area contributed by atoms with Gasteiger partial charge in [0, 0.05) is 32.4 Å². The number of carbonyl (C=O) groups excluding carboxylic acids is 2. The highest BCUT2D eigenvalue weighted by atomic mass is 32.2. The van der Waals surface area contributed by atoms with Crippen LogP contribution < -0.4 is 0 Å². The Morgan fingerprint density at radius 2 is 2.00 bits per heavy atom. The van der Waals surface area contributed by atoms with Gasteiger partial charge in [0.15, 0.2) is 0 Å². The van der Waals surface area contributed by atoms with Gasteiger partial charge in [0.2, 0.25) is 5.91 Å². The van der Waals surface area contributed by atoms with Crippen molar-refractivity contribution in [1.29, 1.82) is 0 Å². The number of rotatable bonds is 7. The summed E-state index contributed by atoms with van der Waals surface area (Å²) in [5, 5.41) is 0.702. The molecule has 0 spiro atoms. The van der Waals surface area contributed by atoms with Gasteiger partial charge in [-0.25, -0.2) is 9.37 Å². The fourth-order valence-electron chi connectivity index (χ4n) is 3.15. The molecular formula is C21H24FN3O2S. The first-order valence-electron chi connectivity index (χ1n) is 9.47. The molecule has 1 fully saturated rings. The molecule has 7 heteroatoms. The lowest BCUT2D eigenvalue weighted by Gasteiger charge is -2.21. The lowest BCUT2D eigenvalue weighted by molar-refractivity contribution is -0.128. The third-order valence-electron chi connectivity index (χ3n) is 4.72. The van der Waals surface area contributed by atoms with Gasteiger partial charge in [-0.3, -0.25) is 9.59 Å². The summed E-state index contributed by atoms with van der Waals surface area (Å²) in [5.74, 6) is -0.0703. The van der Waals surface area contributed by atoms with Crippen molar-refractivity contribution in [3.05, 3.63) is 59.5 Å². The molecule has 5 nitrogen and oxygen atoms in total. The molecule has 1 saturated heterocycles. The van der Waals surface area contributed by atoms with Gasteiger partial charge >= 0.3 is 0 Å². The van der Waals surface area contributed by atoms with E-state index >= 15 is 0 Å². The number of nitrogens with zero attached hydrogens (tertiary/aromatic N) is 3. The van der Waals surface area contributed by atoms with E-state index in [4.69, 9.17) is 0 Å². The van der Waals surface area contributed by atoms with E-state index < -0.39 is 0 Å². The minimum atomic E-state index is -0.303. The molecule has 2 heterocycles. The largest absolute Gasteiger partial charge is 0.339 e. The van der Waals surface area contributed by atoms with Crippen LogP contribution in [0.15, 0.2) is 47.6 Å². The van der Waals surface area contributed by atoms with Gasteiger partial charge in [-0.15, -0.1) is 0 Å². The maximum atomic E-state index is 13.3. The Balaban J connectivity index is 1.53. The normalized spacial score (nSPS) is 13.6. The molecule has 0 radical (unpaired) electrons. The number of halogens is 1. The molecule has 0 bridgehead atoms. The van der Waals surface area contributed by atoms with Gasteiger partial charge in [0.05, 0.1) is 16.3 Å². The summed E-state index contributed by atoms with van der Waals surface area (Å²) < 4.78 is 13.3. The van der Waals surface area contributed by atoms with Crippen LogP contribution in [0, 0.1) is 5.82 Å². The maximum absolute atomic E-state index is 13.3. The molecule has 2 amide bonds. The van der Waals surface area contributed by atoms with E-state index in [1.54, 1.807) is 29.3 Å². The molecule has 1 aliphatic rings. The van der Waals surface area contributed by atoms with E-state index in [1.807, 2.05) is 17.9 Å². The van der Waals surface area contributed by atoms with Gasteiger partial charge in [-0.05, 0) is 49.6 Å². The molecular weight excluding hydrogens is 377 g/mol. The number of thioether (sulfide) groups is 1. The Morgan fingerprint density at radius 3 is 2.64 bits per heavy atom. The molecule has 1 aromatic heterocycles. The topological polar surface area (TPSA) is 53.5 Å². The number of pyridine rings is 1. The molecule has 0 aliphatic carbocycles. The number of amides is 2. The van der Waals surface area contributed by atoms with Gasteiger partial charge in [0.1, 0.15) is 5.82 Å². The van der Waals surface area contributed by atoms with Crippen LogP contribution in [0.4, 0.5) is 4.39 Å². The zero-order valence-corrected chi connectivity index (χ0v) is 16.8. The lowest BCUT2D eigenvalue weighted by Crippen LogP contribution is -2.31. The second-order valence-corrected chi connectivity index (χ2v) is 7.71. The minimum absolute atomic E-state index is 0.0184. The van der Waals surface area contributed by atoms with Crippen LogP contribution in [0.5, 0.6) is 0 Å². The summed E-state index contributed by atoms with van der Waals surface area (Å²) >= 11 is 1.34. The summed E-state index contributed by atoms with van der Waals surface area (Å²) in [6.07, 6.45) is 3.69. The molecule has 0 atom stereocenters. The number of benzene rings is 1. The quantitative estimate of drug-likeness (QED) is 0.666. The Kier molecular flexibility index (Phi) is 7.03. The zero-order valence-electron chi connectivity index (χ0n) is 15.9. The van der Waals surface area contributed by atoms with E-state index in [0.717, 1.165) is 31.5 Å². The van der Waals surface area contributed by atoms with E-state index in [9.17, 15) is 14.0 Å². The number of hydrogen-bond acceptors (Lipinski definition) is 4. The Hall–Kier alpha value is -2.41. The van der Waals surface area contributed by atoms with Crippen molar-refractivity contribution in [2.75, 3.05) is 25.4 Å². The molecule has 148 valence electrons. The van der Waals surface area contributed by atoms with Crippen molar-refractivity contribution in [2.45, 2.75) is 31.3 Å². The van der Waals surface area contributed by atoms with Crippen LogP contribution in [-0.2, 0) is 11.3 Å².